The van der Waals surface area contributed by atoms with Gasteiger partial charge < -0.3 is 14.5 Å². The van der Waals surface area contributed by atoms with E-state index in [2.05, 4.69) is 17.4 Å². The number of benzene rings is 3. The maximum absolute atomic E-state index is 13.1. The normalized spacial score (nSPS) is 10.9. The number of methoxy groups -OCH3 is 1. The van der Waals surface area contributed by atoms with Crippen molar-refractivity contribution in [2.24, 2.45) is 0 Å². The van der Waals surface area contributed by atoms with Crippen molar-refractivity contribution < 1.29 is 13.5 Å². The van der Waals surface area contributed by atoms with Gasteiger partial charge in [0.25, 0.3) is 0 Å². The highest BCUT2D eigenvalue weighted by molar-refractivity contribution is 5.97. The van der Waals surface area contributed by atoms with Gasteiger partial charge in [0.15, 0.2) is 0 Å². The molecule has 0 unspecified atom stereocenters. The monoisotopic (exact) mass is 361 g/mol. The second-order valence-electron chi connectivity index (χ2n) is 6.42. The van der Waals surface area contributed by atoms with Crippen molar-refractivity contribution in [2.75, 3.05) is 12.4 Å². The first kappa shape index (κ1) is 17.2. The predicted molar refractivity (Wildman–Crippen MR) is 107 cm³/mol. The summed E-state index contributed by atoms with van der Waals surface area (Å²) in [5.74, 6) is 1.41. The summed E-state index contributed by atoms with van der Waals surface area (Å²) < 4.78 is 24.7. The molecular weight excluding hydrogens is 341 g/mol. The molecule has 0 fully saturated rings. The van der Waals surface area contributed by atoms with Crippen LogP contribution in [0.3, 0.4) is 0 Å². The number of hydrogen-bond donors (Lipinski definition) is 1. The van der Waals surface area contributed by atoms with Crippen molar-refractivity contribution >= 4 is 16.7 Å². The van der Waals surface area contributed by atoms with Crippen molar-refractivity contribution in [1.82, 2.24) is 0 Å². The van der Waals surface area contributed by atoms with Crippen LogP contribution in [0.4, 0.5) is 10.1 Å². The Kier molecular flexibility index (Phi) is 4.55. The fourth-order valence-corrected chi connectivity index (χ4v) is 3.34. The molecule has 0 bridgehead atoms. The van der Waals surface area contributed by atoms with Crippen LogP contribution in [0, 0.1) is 12.7 Å². The Morgan fingerprint density at radius 1 is 1.00 bits per heavy atom. The average Bonchev–Trinajstić information content (AvgIpc) is 3.02. The third-order valence-electron chi connectivity index (χ3n) is 4.66. The lowest BCUT2D eigenvalue weighted by Crippen LogP contribution is -2.01. The van der Waals surface area contributed by atoms with E-state index in [1.807, 2.05) is 37.3 Å². The molecule has 4 aromatic rings. The lowest BCUT2D eigenvalue weighted by atomic mass is 10.0. The number of furan rings is 1. The molecule has 136 valence electrons. The Balaban J connectivity index is 1.71. The van der Waals surface area contributed by atoms with Crippen LogP contribution >= 0.6 is 0 Å². The smallest absolute Gasteiger partial charge is 0.135 e. The van der Waals surface area contributed by atoms with E-state index in [9.17, 15) is 4.39 Å². The highest BCUT2D eigenvalue weighted by Gasteiger charge is 2.16. The van der Waals surface area contributed by atoms with E-state index in [-0.39, 0.29) is 5.82 Å². The Hall–Kier alpha value is -3.27. The summed E-state index contributed by atoms with van der Waals surface area (Å²) in [7, 11) is 1.66. The molecule has 1 N–H and O–H groups in total. The maximum Gasteiger partial charge on any atom is 0.135 e. The van der Waals surface area contributed by atoms with Gasteiger partial charge in [0, 0.05) is 28.7 Å². The predicted octanol–water partition coefficient (Wildman–Crippen LogP) is 6.17. The van der Waals surface area contributed by atoms with Gasteiger partial charge in [0.1, 0.15) is 22.9 Å². The molecule has 1 aromatic heterocycles. The topological polar surface area (TPSA) is 34.4 Å². The van der Waals surface area contributed by atoms with Gasteiger partial charge in [0.2, 0.25) is 0 Å². The minimum absolute atomic E-state index is 0.251. The molecule has 0 spiro atoms. The van der Waals surface area contributed by atoms with Crippen molar-refractivity contribution in [1.29, 1.82) is 0 Å². The molecule has 0 saturated carbocycles. The zero-order valence-electron chi connectivity index (χ0n) is 15.3. The maximum atomic E-state index is 13.1. The molecule has 0 amide bonds. The quantitative estimate of drug-likeness (QED) is 0.462. The molecule has 0 saturated heterocycles. The third kappa shape index (κ3) is 3.38. The Morgan fingerprint density at radius 2 is 1.74 bits per heavy atom. The molecule has 0 aliphatic heterocycles. The summed E-state index contributed by atoms with van der Waals surface area (Å²) in [5.41, 5.74) is 4.85. The van der Waals surface area contributed by atoms with E-state index in [4.69, 9.17) is 9.15 Å². The van der Waals surface area contributed by atoms with Crippen molar-refractivity contribution in [3.63, 3.8) is 0 Å². The van der Waals surface area contributed by atoms with Crippen molar-refractivity contribution in [3.05, 3.63) is 83.9 Å². The SMILES string of the molecule is COc1cc2c(-c3ccccc3)c(C)oc2cc1CNc1ccc(F)cc1. The number of aryl methyl sites for hydroxylation is 1. The minimum Gasteiger partial charge on any atom is -0.496 e. The van der Waals surface area contributed by atoms with Crippen LogP contribution in [0.25, 0.3) is 22.1 Å². The highest BCUT2D eigenvalue weighted by Crippen LogP contribution is 2.38. The number of rotatable bonds is 5. The van der Waals surface area contributed by atoms with Gasteiger partial charge >= 0.3 is 0 Å². The fourth-order valence-electron chi connectivity index (χ4n) is 3.34. The second kappa shape index (κ2) is 7.16. The first-order chi connectivity index (χ1) is 13.2. The molecule has 27 heavy (non-hydrogen) atoms. The van der Waals surface area contributed by atoms with Gasteiger partial charge in [-0.05, 0) is 48.9 Å². The third-order valence-corrected chi connectivity index (χ3v) is 4.66. The lowest BCUT2D eigenvalue weighted by molar-refractivity contribution is 0.410. The molecule has 3 aromatic carbocycles. The van der Waals surface area contributed by atoms with Crippen LogP contribution in [0.1, 0.15) is 11.3 Å². The van der Waals surface area contributed by atoms with Gasteiger partial charge in [-0.1, -0.05) is 30.3 Å². The van der Waals surface area contributed by atoms with Crippen molar-refractivity contribution in [3.8, 4) is 16.9 Å². The molecule has 1 heterocycles. The largest absolute Gasteiger partial charge is 0.496 e. The van der Waals surface area contributed by atoms with Crippen LogP contribution in [0.15, 0.2) is 71.1 Å². The molecule has 3 nitrogen and oxygen atoms in total. The van der Waals surface area contributed by atoms with E-state index in [1.165, 1.54) is 12.1 Å². The van der Waals surface area contributed by atoms with E-state index in [0.717, 1.165) is 44.9 Å². The summed E-state index contributed by atoms with van der Waals surface area (Å²) in [5, 5.41) is 4.32. The molecule has 0 radical (unpaired) electrons. The van der Waals surface area contributed by atoms with Gasteiger partial charge in [0.05, 0.1) is 7.11 Å². The summed E-state index contributed by atoms with van der Waals surface area (Å²) in [6.45, 7) is 2.52. The van der Waals surface area contributed by atoms with Crippen molar-refractivity contribution in [2.45, 2.75) is 13.5 Å². The number of anilines is 1. The van der Waals surface area contributed by atoms with Crippen LogP contribution < -0.4 is 10.1 Å². The molecule has 4 heteroatoms. The Labute approximate surface area is 157 Å². The van der Waals surface area contributed by atoms with Gasteiger partial charge in [-0.15, -0.1) is 0 Å². The van der Waals surface area contributed by atoms with E-state index in [0.29, 0.717) is 6.54 Å². The zero-order chi connectivity index (χ0) is 18.8. The summed E-state index contributed by atoms with van der Waals surface area (Å²) >= 11 is 0. The fraction of sp³-hybridized carbons (Fsp3) is 0.130. The van der Waals surface area contributed by atoms with E-state index >= 15 is 0 Å². The summed E-state index contributed by atoms with van der Waals surface area (Å²) in [4.78, 5) is 0. The standard InChI is InChI=1S/C23H20FNO2/c1-15-23(16-6-4-3-5-7-16)20-13-21(26-2)17(12-22(20)27-15)14-25-19-10-8-18(24)9-11-19/h3-13,25H,14H2,1-2H3. The first-order valence-electron chi connectivity index (χ1n) is 8.80. The van der Waals surface area contributed by atoms with Crippen LogP contribution in [0.2, 0.25) is 0 Å². The average molecular weight is 361 g/mol. The molecule has 0 atom stereocenters. The van der Waals surface area contributed by atoms with Gasteiger partial charge in [-0.3, -0.25) is 0 Å². The molecule has 4 rings (SSSR count). The molecule has 0 aliphatic carbocycles. The Morgan fingerprint density at radius 3 is 2.44 bits per heavy atom. The molecule has 0 aliphatic rings. The first-order valence-corrected chi connectivity index (χ1v) is 8.80. The number of ether oxygens (including phenoxy) is 1. The zero-order valence-corrected chi connectivity index (χ0v) is 15.3. The lowest BCUT2D eigenvalue weighted by Gasteiger charge is -2.11. The minimum atomic E-state index is -0.251. The number of nitrogens with one attached hydrogen (secondary N) is 1. The highest BCUT2D eigenvalue weighted by atomic mass is 19.1. The number of hydrogen-bond acceptors (Lipinski definition) is 3. The van der Waals surface area contributed by atoms with Gasteiger partial charge in [-0.2, -0.15) is 0 Å². The summed E-state index contributed by atoms with van der Waals surface area (Å²) in [6, 6.07) is 20.5. The van der Waals surface area contributed by atoms with E-state index < -0.39 is 0 Å². The summed E-state index contributed by atoms with van der Waals surface area (Å²) in [6.07, 6.45) is 0. The van der Waals surface area contributed by atoms with Gasteiger partial charge in [-0.25, -0.2) is 4.39 Å². The Bertz CT molecular complexity index is 1070. The number of fused-ring (bicyclic) bond motifs is 1. The van der Waals surface area contributed by atoms with Crippen LogP contribution in [0.5, 0.6) is 5.75 Å². The number of halogens is 1. The van der Waals surface area contributed by atoms with E-state index in [1.54, 1.807) is 19.2 Å². The molecular formula is C23H20FNO2. The van der Waals surface area contributed by atoms with Crippen LogP contribution in [-0.4, -0.2) is 7.11 Å². The second-order valence-corrected chi connectivity index (χ2v) is 6.42. The van der Waals surface area contributed by atoms with Crippen LogP contribution in [-0.2, 0) is 6.54 Å².